The first-order chi connectivity index (χ1) is 18.8. The highest BCUT2D eigenvalue weighted by atomic mass is 32.2. The van der Waals surface area contributed by atoms with Gasteiger partial charge in [0.15, 0.2) is 0 Å². The van der Waals surface area contributed by atoms with Crippen molar-refractivity contribution >= 4 is 59.9 Å². The second-order valence-electron chi connectivity index (χ2n) is 8.55. The molecule has 0 unspecified atom stereocenters. The van der Waals surface area contributed by atoms with Crippen LogP contribution in [0.15, 0.2) is 86.0 Å². The van der Waals surface area contributed by atoms with E-state index in [1.807, 2.05) is 32.9 Å². The van der Waals surface area contributed by atoms with Gasteiger partial charge in [-0.25, -0.2) is 0 Å². The number of methoxy groups -OCH3 is 1. The lowest BCUT2D eigenvalue weighted by atomic mass is 10.1. The summed E-state index contributed by atoms with van der Waals surface area (Å²) in [6, 6.07) is 17.0. The molecule has 0 amide bonds. The third-order valence-corrected chi connectivity index (χ3v) is 6.62. The molecular weight excluding hydrogens is 558 g/mol. The number of aryl methyl sites for hydroxylation is 3. The molecule has 0 bridgehead atoms. The Kier molecular flexibility index (Phi) is 9.42. The van der Waals surface area contributed by atoms with Gasteiger partial charge in [0, 0.05) is 11.5 Å². The van der Waals surface area contributed by atoms with Crippen LogP contribution in [-0.4, -0.2) is 32.7 Å². The summed E-state index contributed by atoms with van der Waals surface area (Å²) in [5.41, 5.74) is 11.5. The van der Waals surface area contributed by atoms with Gasteiger partial charge in [-0.2, -0.15) is 28.9 Å². The van der Waals surface area contributed by atoms with Crippen molar-refractivity contribution in [1.82, 2.24) is 0 Å². The van der Waals surface area contributed by atoms with Crippen LogP contribution >= 0.6 is 0 Å². The van der Waals surface area contributed by atoms with Gasteiger partial charge in [0.25, 0.3) is 10.1 Å². The quantitative estimate of drug-likeness (QED) is 0.147. The standard InChI is InChI=1S/C26H25N5O4S.O3S/c1-15-10-21(27)25(35-4)14-24(15)31-30-23-12-16(2)22(11-17(23)3)29-28-19-9-8-18-6-5-7-26(20(18)13-19)36(32,33)34;1-4(2)3/h5-14H,27H2,1-4H3,(H,32,33,34);. The summed E-state index contributed by atoms with van der Waals surface area (Å²) < 4.78 is 63.6. The van der Waals surface area contributed by atoms with Crippen molar-refractivity contribution in [3.8, 4) is 5.75 Å². The normalized spacial score (nSPS) is 11.5. The van der Waals surface area contributed by atoms with Crippen LogP contribution in [0, 0.1) is 20.8 Å². The Balaban J connectivity index is 0.00000103. The molecule has 0 aliphatic carbocycles. The predicted octanol–water partition coefficient (Wildman–Crippen LogP) is 6.43. The number of nitrogen functional groups attached to an aromatic ring is 1. The molecule has 208 valence electrons. The number of ether oxygens (including phenoxy) is 1. The molecule has 0 aromatic heterocycles. The summed E-state index contributed by atoms with van der Waals surface area (Å²) in [6.07, 6.45) is 0. The molecule has 0 saturated carbocycles. The molecule has 0 spiro atoms. The lowest BCUT2D eigenvalue weighted by Gasteiger charge is -2.08. The average Bonchev–Trinajstić information content (AvgIpc) is 2.87. The van der Waals surface area contributed by atoms with E-state index in [2.05, 4.69) is 20.5 Å². The number of nitrogens with zero attached hydrogens (tertiary/aromatic N) is 4. The Morgan fingerprint density at radius 3 is 1.85 bits per heavy atom. The van der Waals surface area contributed by atoms with E-state index in [0.717, 1.165) is 16.7 Å². The summed E-state index contributed by atoms with van der Waals surface area (Å²) in [5, 5.41) is 18.4. The Morgan fingerprint density at radius 1 is 0.775 bits per heavy atom. The summed E-state index contributed by atoms with van der Waals surface area (Å²) in [6.45, 7) is 5.69. The highest BCUT2D eigenvalue weighted by Crippen LogP contribution is 2.35. The zero-order chi connectivity index (χ0) is 29.6. The van der Waals surface area contributed by atoms with Crippen molar-refractivity contribution in [2.24, 2.45) is 20.5 Å². The highest BCUT2D eigenvalue weighted by Gasteiger charge is 2.14. The Labute approximate surface area is 232 Å². The Hall–Kier alpha value is -4.53. The van der Waals surface area contributed by atoms with E-state index >= 15 is 0 Å². The molecule has 4 rings (SSSR count). The van der Waals surface area contributed by atoms with Crippen molar-refractivity contribution in [3.05, 3.63) is 77.4 Å². The van der Waals surface area contributed by atoms with Crippen LogP contribution in [0.1, 0.15) is 16.7 Å². The number of hydrogen-bond acceptors (Lipinski definition) is 11. The topological polar surface area (TPSA) is 190 Å². The molecule has 0 fully saturated rings. The molecule has 12 nitrogen and oxygen atoms in total. The van der Waals surface area contributed by atoms with E-state index < -0.39 is 20.7 Å². The van der Waals surface area contributed by atoms with Crippen molar-refractivity contribution in [2.75, 3.05) is 12.8 Å². The molecule has 0 heterocycles. The number of benzene rings is 4. The number of azo groups is 2. The summed E-state index contributed by atoms with van der Waals surface area (Å²) in [5.74, 6) is 0.538. The smallest absolute Gasteiger partial charge is 0.425 e. The van der Waals surface area contributed by atoms with E-state index in [0.29, 0.717) is 45.0 Å². The zero-order valence-electron chi connectivity index (χ0n) is 21.9. The largest absolute Gasteiger partial charge is 0.495 e. The highest BCUT2D eigenvalue weighted by molar-refractivity contribution is 7.86. The van der Waals surface area contributed by atoms with Gasteiger partial charge in [0.05, 0.1) is 35.5 Å². The van der Waals surface area contributed by atoms with E-state index in [1.165, 1.54) is 6.07 Å². The Morgan fingerprint density at radius 2 is 1.30 bits per heavy atom. The maximum Gasteiger partial charge on any atom is 0.425 e. The van der Waals surface area contributed by atoms with Crippen LogP contribution in [0.2, 0.25) is 0 Å². The lowest BCUT2D eigenvalue weighted by Crippen LogP contribution is -1.98. The Bertz CT molecular complexity index is 1870. The third-order valence-electron chi connectivity index (χ3n) is 5.71. The van der Waals surface area contributed by atoms with Crippen LogP contribution in [0.25, 0.3) is 10.8 Å². The van der Waals surface area contributed by atoms with Crippen LogP contribution < -0.4 is 10.5 Å². The molecule has 4 aromatic carbocycles. The summed E-state index contributed by atoms with van der Waals surface area (Å²) in [7, 11) is -5.93. The minimum atomic E-state index is -4.37. The zero-order valence-corrected chi connectivity index (χ0v) is 23.5. The first-order valence-electron chi connectivity index (χ1n) is 11.5. The van der Waals surface area contributed by atoms with E-state index in [-0.39, 0.29) is 4.90 Å². The van der Waals surface area contributed by atoms with Gasteiger partial charge in [-0.3, -0.25) is 4.55 Å². The van der Waals surface area contributed by atoms with Gasteiger partial charge in [-0.15, -0.1) is 12.6 Å². The number of anilines is 1. The van der Waals surface area contributed by atoms with Crippen molar-refractivity contribution in [2.45, 2.75) is 25.7 Å². The minimum absolute atomic E-state index is 0.173. The monoisotopic (exact) mass is 583 g/mol. The van der Waals surface area contributed by atoms with Crippen molar-refractivity contribution < 1.29 is 30.3 Å². The third kappa shape index (κ3) is 7.53. The second-order valence-corrected chi connectivity index (χ2v) is 10.3. The SMILES string of the molecule is COc1cc(N=Nc2cc(C)c(N=Nc3ccc4cccc(S(=O)(=O)O)c4c3)cc2C)c(C)cc1N.O=S(=O)=O. The average molecular weight is 584 g/mol. The molecule has 0 atom stereocenters. The molecule has 0 aliphatic rings. The van der Waals surface area contributed by atoms with Crippen LogP contribution in [-0.2, 0) is 20.7 Å². The molecule has 3 N–H and O–H groups in total. The van der Waals surface area contributed by atoms with Crippen molar-refractivity contribution in [3.63, 3.8) is 0 Å². The maximum atomic E-state index is 11.7. The van der Waals surface area contributed by atoms with Gasteiger partial charge in [-0.05, 0) is 79.2 Å². The van der Waals surface area contributed by atoms with Gasteiger partial charge < -0.3 is 10.5 Å². The molecule has 0 saturated heterocycles. The fraction of sp³-hybridized carbons (Fsp3) is 0.154. The van der Waals surface area contributed by atoms with Gasteiger partial charge in [0.1, 0.15) is 10.6 Å². The molecule has 0 radical (unpaired) electrons. The van der Waals surface area contributed by atoms with Gasteiger partial charge >= 0.3 is 10.6 Å². The number of hydrogen-bond donors (Lipinski definition) is 2. The number of nitrogens with two attached hydrogens (primary N) is 1. The predicted molar refractivity (Wildman–Crippen MR) is 150 cm³/mol. The molecule has 4 aromatic rings. The van der Waals surface area contributed by atoms with Gasteiger partial charge in [0.2, 0.25) is 0 Å². The first kappa shape index (κ1) is 30.0. The minimum Gasteiger partial charge on any atom is -0.495 e. The van der Waals surface area contributed by atoms with Crippen molar-refractivity contribution in [1.29, 1.82) is 0 Å². The molecular formula is C26H25N5O7S2. The van der Waals surface area contributed by atoms with E-state index in [4.69, 9.17) is 23.1 Å². The molecule has 40 heavy (non-hydrogen) atoms. The summed E-state index contributed by atoms with van der Waals surface area (Å²) in [4.78, 5) is -0.173. The van der Waals surface area contributed by atoms with E-state index in [9.17, 15) is 13.0 Å². The van der Waals surface area contributed by atoms with Crippen LogP contribution in [0.4, 0.5) is 28.4 Å². The van der Waals surface area contributed by atoms with Gasteiger partial charge in [-0.1, -0.05) is 18.2 Å². The molecule has 0 aliphatic heterocycles. The number of rotatable bonds is 6. The lowest BCUT2D eigenvalue weighted by molar-refractivity contribution is 0.417. The van der Waals surface area contributed by atoms with E-state index in [1.54, 1.807) is 49.6 Å². The first-order valence-corrected chi connectivity index (χ1v) is 13.9. The van der Waals surface area contributed by atoms with Crippen LogP contribution in [0.5, 0.6) is 5.75 Å². The fourth-order valence-corrected chi connectivity index (χ4v) is 4.43. The molecule has 14 heteroatoms. The number of fused-ring (bicyclic) bond motifs is 1. The van der Waals surface area contributed by atoms with Crippen LogP contribution in [0.3, 0.4) is 0 Å². The maximum absolute atomic E-state index is 11.7. The summed E-state index contributed by atoms with van der Waals surface area (Å²) >= 11 is 0. The fourth-order valence-electron chi connectivity index (χ4n) is 3.72. The second kappa shape index (κ2) is 12.5.